The Morgan fingerprint density at radius 3 is 2.54 bits per heavy atom. The van der Waals surface area contributed by atoms with E-state index in [1.54, 1.807) is 7.11 Å². The van der Waals surface area contributed by atoms with Gasteiger partial charge in [-0.1, -0.05) is 18.2 Å². The number of ether oxygens (including phenoxy) is 2. The molecular formula is C30H34N4O3. The highest BCUT2D eigenvalue weighted by Gasteiger charge is 2.31. The summed E-state index contributed by atoms with van der Waals surface area (Å²) < 4.78 is 11.8. The van der Waals surface area contributed by atoms with Crippen molar-refractivity contribution in [1.82, 2.24) is 9.80 Å². The van der Waals surface area contributed by atoms with Crippen molar-refractivity contribution in [3.63, 3.8) is 0 Å². The molecule has 3 aromatic rings. The van der Waals surface area contributed by atoms with Crippen LogP contribution in [-0.4, -0.2) is 80.9 Å². The largest absolute Gasteiger partial charge is 0.493 e. The number of carbonyl (C=O) groups is 1. The van der Waals surface area contributed by atoms with Crippen LogP contribution in [0.3, 0.4) is 0 Å². The monoisotopic (exact) mass is 498 g/mol. The second-order valence-electron chi connectivity index (χ2n) is 10.1. The van der Waals surface area contributed by atoms with Gasteiger partial charge in [0.1, 0.15) is 0 Å². The van der Waals surface area contributed by atoms with Gasteiger partial charge in [-0.15, -0.1) is 0 Å². The van der Waals surface area contributed by atoms with Gasteiger partial charge < -0.3 is 19.3 Å². The Morgan fingerprint density at radius 1 is 0.946 bits per heavy atom. The number of carbonyl (C=O) groups excluding carboxylic acids is 1. The maximum Gasteiger partial charge on any atom is 0.256 e. The van der Waals surface area contributed by atoms with E-state index < -0.39 is 0 Å². The molecule has 3 heterocycles. The van der Waals surface area contributed by atoms with Gasteiger partial charge in [0.2, 0.25) is 0 Å². The zero-order valence-corrected chi connectivity index (χ0v) is 21.4. The lowest BCUT2D eigenvalue weighted by Gasteiger charge is -2.36. The van der Waals surface area contributed by atoms with Crippen molar-refractivity contribution in [2.24, 2.45) is 4.99 Å². The number of anilines is 1. The van der Waals surface area contributed by atoms with E-state index in [4.69, 9.17) is 9.47 Å². The molecule has 7 nitrogen and oxygen atoms in total. The van der Waals surface area contributed by atoms with Crippen LogP contribution in [0.1, 0.15) is 29.6 Å². The molecule has 37 heavy (non-hydrogen) atoms. The lowest BCUT2D eigenvalue weighted by atomic mass is 10.0. The third-order valence-corrected chi connectivity index (χ3v) is 7.78. The molecule has 0 aliphatic carbocycles. The fraction of sp³-hybridized carbons (Fsp3) is 0.400. The number of benzene rings is 3. The first kappa shape index (κ1) is 23.8. The van der Waals surface area contributed by atoms with Crippen LogP contribution < -0.4 is 14.4 Å². The average molecular weight is 499 g/mol. The maximum absolute atomic E-state index is 13.2. The van der Waals surface area contributed by atoms with Crippen LogP contribution in [0.2, 0.25) is 0 Å². The fourth-order valence-electron chi connectivity index (χ4n) is 5.71. The normalized spacial score (nSPS) is 19.6. The summed E-state index contributed by atoms with van der Waals surface area (Å²) in [7, 11) is 1.67. The molecule has 0 saturated carbocycles. The number of rotatable bonds is 7. The number of aliphatic imine (C=N–C) groups is 1. The molecule has 0 aromatic heterocycles. The molecule has 0 unspecified atom stereocenters. The highest BCUT2D eigenvalue weighted by Crippen LogP contribution is 2.37. The van der Waals surface area contributed by atoms with E-state index in [9.17, 15) is 4.79 Å². The predicted octanol–water partition coefficient (Wildman–Crippen LogP) is 4.76. The Labute approximate surface area is 218 Å². The molecule has 2 fully saturated rings. The smallest absolute Gasteiger partial charge is 0.256 e. The Morgan fingerprint density at radius 2 is 1.73 bits per heavy atom. The first-order chi connectivity index (χ1) is 18.2. The van der Waals surface area contributed by atoms with E-state index in [-0.39, 0.29) is 11.9 Å². The summed E-state index contributed by atoms with van der Waals surface area (Å²) in [6.07, 6.45) is 4.89. The van der Waals surface area contributed by atoms with Crippen LogP contribution >= 0.6 is 0 Å². The molecular weight excluding hydrogens is 464 g/mol. The van der Waals surface area contributed by atoms with Crippen molar-refractivity contribution >= 4 is 34.3 Å². The van der Waals surface area contributed by atoms with Crippen molar-refractivity contribution < 1.29 is 14.3 Å². The molecule has 3 aliphatic rings. The van der Waals surface area contributed by atoms with E-state index in [1.165, 1.54) is 5.69 Å². The number of amides is 1. The minimum atomic E-state index is 0.0718. The second kappa shape index (κ2) is 10.4. The fourth-order valence-corrected chi connectivity index (χ4v) is 5.71. The van der Waals surface area contributed by atoms with Crippen molar-refractivity contribution in [2.45, 2.75) is 25.3 Å². The summed E-state index contributed by atoms with van der Waals surface area (Å²) in [4.78, 5) is 24.8. The second-order valence-corrected chi connectivity index (χ2v) is 10.1. The number of hydrogen-bond donors (Lipinski definition) is 0. The zero-order valence-electron chi connectivity index (χ0n) is 21.4. The average Bonchev–Trinajstić information content (AvgIpc) is 3.38. The van der Waals surface area contributed by atoms with Crippen molar-refractivity contribution in [3.05, 3.63) is 60.2 Å². The van der Waals surface area contributed by atoms with Crippen LogP contribution in [0.15, 0.2) is 59.6 Å². The SMILES string of the molecule is COc1cc2cc3c(cc2cc1OCCCN1CCN(c2ccccc2)CC1)C(=O)N1CCC[C@H]1C=N3. The molecule has 3 aromatic carbocycles. The van der Waals surface area contributed by atoms with E-state index in [1.807, 2.05) is 35.4 Å². The summed E-state index contributed by atoms with van der Waals surface area (Å²) >= 11 is 0. The molecule has 3 aliphatic heterocycles. The minimum absolute atomic E-state index is 0.0718. The molecule has 192 valence electrons. The van der Waals surface area contributed by atoms with Gasteiger partial charge in [-0.2, -0.15) is 0 Å². The Balaban J connectivity index is 1.09. The lowest BCUT2D eigenvalue weighted by molar-refractivity contribution is 0.0775. The number of hydrogen-bond acceptors (Lipinski definition) is 6. The predicted molar refractivity (Wildman–Crippen MR) is 148 cm³/mol. The quantitative estimate of drug-likeness (QED) is 0.440. The highest BCUT2D eigenvalue weighted by atomic mass is 16.5. The Hall–Kier alpha value is -3.58. The number of fused-ring (bicyclic) bond motifs is 3. The standard InChI is InChI=1S/C30H34N4O3/c1-36-28-19-23-18-27-26(30(35)34-11-5-9-25(34)21-31-27)17-22(23)20-29(28)37-16-6-10-32-12-14-33(15-13-32)24-7-3-2-4-8-24/h2-4,7-8,17-21,25H,5-6,9-16H2,1H3/t25-/m0/s1. The topological polar surface area (TPSA) is 57.6 Å². The van der Waals surface area contributed by atoms with Gasteiger partial charge in [0.05, 0.1) is 31.0 Å². The molecule has 6 rings (SSSR count). The van der Waals surface area contributed by atoms with E-state index in [0.29, 0.717) is 23.7 Å². The molecule has 0 bridgehead atoms. The first-order valence-electron chi connectivity index (χ1n) is 13.4. The van der Waals surface area contributed by atoms with Gasteiger partial charge >= 0.3 is 0 Å². The molecule has 0 spiro atoms. The maximum atomic E-state index is 13.2. The summed E-state index contributed by atoms with van der Waals surface area (Å²) in [5.74, 6) is 1.49. The van der Waals surface area contributed by atoms with Crippen LogP contribution in [0.5, 0.6) is 11.5 Å². The summed E-state index contributed by atoms with van der Waals surface area (Å²) in [5.41, 5.74) is 2.70. The van der Waals surface area contributed by atoms with Crippen molar-refractivity contribution in [1.29, 1.82) is 0 Å². The third-order valence-electron chi connectivity index (χ3n) is 7.78. The van der Waals surface area contributed by atoms with Crippen LogP contribution in [-0.2, 0) is 0 Å². The number of nitrogens with zero attached hydrogens (tertiary/aromatic N) is 4. The molecule has 7 heteroatoms. The molecule has 0 N–H and O–H groups in total. The molecule has 1 amide bonds. The van der Waals surface area contributed by atoms with Gasteiger partial charge in [-0.05, 0) is 66.4 Å². The summed E-state index contributed by atoms with van der Waals surface area (Å²) in [6, 6.07) is 18.7. The number of methoxy groups -OCH3 is 1. The van der Waals surface area contributed by atoms with E-state index >= 15 is 0 Å². The van der Waals surface area contributed by atoms with E-state index in [2.05, 4.69) is 45.1 Å². The third kappa shape index (κ3) is 4.88. The molecule has 1 atom stereocenters. The Kier molecular flexibility index (Phi) is 6.70. The summed E-state index contributed by atoms with van der Waals surface area (Å²) in [6.45, 7) is 6.65. The Bertz CT molecular complexity index is 1300. The van der Waals surface area contributed by atoms with Gasteiger partial charge in [-0.25, -0.2) is 0 Å². The lowest BCUT2D eigenvalue weighted by Crippen LogP contribution is -2.46. The van der Waals surface area contributed by atoms with Crippen molar-refractivity contribution in [2.75, 3.05) is 57.9 Å². The molecule has 2 saturated heterocycles. The molecule has 0 radical (unpaired) electrons. The van der Waals surface area contributed by atoms with Crippen molar-refractivity contribution in [3.8, 4) is 11.5 Å². The highest BCUT2D eigenvalue weighted by molar-refractivity contribution is 6.07. The van der Waals surface area contributed by atoms with Gasteiger partial charge in [0.15, 0.2) is 11.5 Å². The van der Waals surface area contributed by atoms with Gasteiger partial charge in [0, 0.05) is 51.2 Å². The van der Waals surface area contributed by atoms with E-state index in [0.717, 1.165) is 75.0 Å². The number of para-hydroxylation sites is 1. The van der Waals surface area contributed by atoms with Crippen LogP contribution in [0.25, 0.3) is 10.8 Å². The zero-order chi connectivity index (χ0) is 25.2. The van der Waals surface area contributed by atoms with Crippen LogP contribution in [0, 0.1) is 0 Å². The van der Waals surface area contributed by atoms with Crippen LogP contribution in [0.4, 0.5) is 11.4 Å². The minimum Gasteiger partial charge on any atom is -0.493 e. The number of piperazine rings is 1. The van der Waals surface area contributed by atoms with Gasteiger partial charge in [0.25, 0.3) is 5.91 Å². The first-order valence-corrected chi connectivity index (χ1v) is 13.4. The van der Waals surface area contributed by atoms with Gasteiger partial charge in [-0.3, -0.25) is 14.7 Å². The summed E-state index contributed by atoms with van der Waals surface area (Å²) in [5, 5.41) is 1.96.